The van der Waals surface area contributed by atoms with E-state index in [1.165, 1.54) is 5.56 Å². The smallest absolute Gasteiger partial charge is 0.231 e. The Labute approximate surface area is 179 Å². The van der Waals surface area contributed by atoms with Crippen LogP contribution in [0.5, 0.6) is 17.2 Å². The third-order valence-corrected chi connectivity index (χ3v) is 4.61. The molecule has 0 amide bonds. The number of nitrogens with one attached hydrogen (secondary N) is 2. The number of rotatable bonds is 10. The standard InChI is InChI=1S/C23H32N4O3/c1-4-24-23(25-11-10-18-8-9-21-22(15-18)30-17-29-21)26-16-19-6-5-7-20(14-19)28-13-12-27(2)3/h5-9,14-15H,4,10-13,16-17H2,1-3H3,(H2,24,25,26). The number of ether oxygens (including phenoxy) is 3. The number of nitrogens with zero attached hydrogens (tertiary/aromatic N) is 2. The fraction of sp³-hybridized carbons (Fsp3) is 0.435. The zero-order chi connectivity index (χ0) is 21.2. The van der Waals surface area contributed by atoms with Gasteiger partial charge in [0.15, 0.2) is 17.5 Å². The van der Waals surface area contributed by atoms with E-state index in [9.17, 15) is 0 Å². The van der Waals surface area contributed by atoms with Gasteiger partial charge in [0.2, 0.25) is 6.79 Å². The molecule has 1 aliphatic rings. The highest BCUT2D eigenvalue weighted by Gasteiger charge is 2.13. The van der Waals surface area contributed by atoms with E-state index in [2.05, 4.69) is 40.7 Å². The maximum absolute atomic E-state index is 5.82. The van der Waals surface area contributed by atoms with E-state index in [0.717, 1.165) is 54.8 Å². The van der Waals surface area contributed by atoms with Crippen LogP contribution >= 0.6 is 0 Å². The summed E-state index contributed by atoms with van der Waals surface area (Å²) in [7, 11) is 4.08. The Hall–Kier alpha value is -2.93. The molecule has 0 saturated carbocycles. The molecule has 2 N–H and O–H groups in total. The Morgan fingerprint density at radius 3 is 2.77 bits per heavy atom. The van der Waals surface area contributed by atoms with Crippen LogP contribution in [0.2, 0.25) is 0 Å². The summed E-state index contributed by atoms with van der Waals surface area (Å²) in [5.41, 5.74) is 2.32. The van der Waals surface area contributed by atoms with Gasteiger partial charge in [-0.15, -0.1) is 0 Å². The van der Waals surface area contributed by atoms with Crippen LogP contribution in [0.15, 0.2) is 47.5 Å². The Morgan fingerprint density at radius 1 is 1.07 bits per heavy atom. The van der Waals surface area contributed by atoms with Crippen LogP contribution in [-0.2, 0) is 13.0 Å². The van der Waals surface area contributed by atoms with E-state index in [1.54, 1.807) is 0 Å². The van der Waals surface area contributed by atoms with Crippen molar-refractivity contribution in [3.8, 4) is 17.2 Å². The molecule has 1 aliphatic heterocycles. The Balaban J connectivity index is 1.50. The van der Waals surface area contributed by atoms with Gasteiger partial charge in [-0.1, -0.05) is 18.2 Å². The molecule has 0 spiro atoms. The normalized spacial score (nSPS) is 12.9. The number of guanidine groups is 1. The van der Waals surface area contributed by atoms with Gasteiger partial charge >= 0.3 is 0 Å². The summed E-state index contributed by atoms with van der Waals surface area (Å²) in [4.78, 5) is 6.81. The van der Waals surface area contributed by atoms with Crippen molar-refractivity contribution >= 4 is 5.96 Å². The number of fused-ring (bicyclic) bond motifs is 1. The average molecular weight is 413 g/mol. The van der Waals surface area contributed by atoms with Gasteiger partial charge < -0.3 is 29.7 Å². The number of benzene rings is 2. The first-order chi connectivity index (χ1) is 14.6. The van der Waals surface area contributed by atoms with Crippen molar-refractivity contribution in [1.82, 2.24) is 15.5 Å². The fourth-order valence-electron chi connectivity index (χ4n) is 3.01. The van der Waals surface area contributed by atoms with Crippen LogP contribution in [0.4, 0.5) is 0 Å². The first-order valence-corrected chi connectivity index (χ1v) is 10.4. The van der Waals surface area contributed by atoms with Crippen LogP contribution in [0.3, 0.4) is 0 Å². The summed E-state index contributed by atoms with van der Waals surface area (Å²) >= 11 is 0. The fourth-order valence-corrected chi connectivity index (χ4v) is 3.01. The largest absolute Gasteiger partial charge is 0.492 e. The van der Waals surface area contributed by atoms with Gasteiger partial charge in [0.05, 0.1) is 6.54 Å². The van der Waals surface area contributed by atoms with E-state index in [1.807, 2.05) is 38.4 Å². The molecule has 1 heterocycles. The van der Waals surface area contributed by atoms with Gasteiger partial charge in [-0.05, 0) is 62.8 Å². The summed E-state index contributed by atoms with van der Waals surface area (Å²) in [6.45, 7) is 6.10. The van der Waals surface area contributed by atoms with Crippen molar-refractivity contribution in [1.29, 1.82) is 0 Å². The van der Waals surface area contributed by atoms with Crippen LogP contribution in [0.1, 0.15) is 18.1 Å². The highest BCUT2D eigenvalue weighted by atomic mass is 16.7. The van der Waals surface area contributed by atoms with Gasteiger partial charge in [0, 0.05) is 19.6 Å². The number of aliphatic imine (C=N–C) groups is 1. The molecular formula is C23H32N4O3. The highest BCUT2D eigenvalue weighted by molar-refractivity contribution is 5.79. The molecule has 30 heavy (non-hydrogen) atoms. The lowest BCUT2D eigenvalue weighted by atomic mass is 10.1. The quantitative estimate of drug-likeness (QED) is 0.462. The Kier molecular flexibility index (Phi) is 8.20. The topological polar surface area (TPSA) is 67.4 Å². The minimum absolute atomic E-state index is 0.302. The first kappa shape index (κ1) is 21.8. The van der Waals surface area contributed by atoms with Crippen molar-refractivity contribution in [2.75, 3.05) is 47.1 Å². The predicted molar refractivity (Wildman–Crippen MR) is 120 cm³/mol. The third kappa shape index (κ3) is 6.84. The molecule has 2 aromatic rings. The van der Waals surface area contributed by atoms with Gasteiger partial charge in [0.1, 0.15) is 12.4 Å². The van der Waals surface area contributed by atoms with Crippen LogP contribution in [0.25, 0.3) is 0 Å². The van der Waals surface area contributed by atoms with Gasteiger partial charge in [0.25, 0.3) is 0 Å². The molecule has 0 atom stereocenters. The summed E-state index contributed by atoms with van der Waals surface area (Å²) in [5, 5.41) is 6.70. The molecule has 0 radical (unpaired) electrons. The molecule has 7 heteroatoms. The minimum atomic E-state index is 0.302. The first-order valence-electron chi connectivity index (χ1n) is 10.4. The van der Waals surface area contributed by atoms with Crippen molar-refractivity contribution < 1.29 is 14.2 Å². The van der Waals surface area contributed by atoms with E-state index < -0.39 is 0 Å². The van der Waals surface area contributed by atoms with Gasteiger partial charge in [-0.3, -0.25) is 0 Å². The van der Waals surface area contributed by atoms with Crippen LogP contribution in [0, 0.1) is 0 Å². The van der Waals surface area contributed by atoms with Gasteiger partial charge in [-0.25, -0.2) is 4.99 Å². The van der Waals surface area contributed by atoms with Gasteiger partial charge in [-0.2, -0.15) is 0 Å². The average Bonchev–Trinajstić information content (AvgIpc) is 3.20. The summed E-state index contributed by atoms with van der Waals surface area (Å²) in [5.74, 6) is 3.32. The summed E-state index contributed by atoms with van der Waals surface area (Å²) in [6.07, 6.45) is 0.871. The third-order valence-electron chi connectivity index (χ3n) is 4.61. The summed E-state index contributed by atoms with van der Waals surface area (Å²) in [6, 6.07) is 14.2. The van der Waals surface area contributed by atoms with Crippen molar-refractivity contribution in [2.45, 2.75) is 19.9 Å². The van der Waals surface area contributed by atoms with Crippen molar-refractivity contribution in [3.05, 3.63) is 53.6 Å². The zero-order valence-corrected chi connectivity index (χ0v) is 18.1. The molecule has 0 aliphatic carbocycles. The monoisotopic (exact) mass is 412 g/mol. The number of hydrogen-bond acceptors (Lipinski definition) is 5. The van der Waals surface area contributed by atoms with Crippen molar-refractivity contribution in [3.63, 3.8) is 0 Å². The van der Waals surface area contributed by atoms with E-state index >= 15 is 0 Å². The second-order valence-electron chi connectivity index (χ2n) is 7.36. The van der Waals surface area contributed by atoms with Crippen molar-refractivity contribution in [2.24, 2.45) is 4.99 Å². The molecule has 0 fully saturated rings. The highest BCUT2D eigenvalue weighted by Crippen LogP contribution is 2.32. The zero-order valence-electron chi connectivity index (χ0n) is 18.1. The maximum Gasteiger partial charge on any atom is 0.231 e. The molecule has 162 valence electrons. The van der Waals surface area contributed by atoms with Crippen LogP contribution in [-0.4, -0.2) is 58.0 Å². The van der Waals surface area contributed by atoms with E-state index in [4.69, 9.17) is 19.2 Å². The molecule has 0 unspecified atom stereocenters. The molecule has 7 nitrogen and oxygen atoms in total. The lowest BCUT2D eigenvalue weighted by molar-refractivity contribution is 0.174. The Morgan fingerprint density at radius 2 is 1.93 bits per heavy atom. The minimum Gasteiger partial charge on any atom is -0.492 e. The molecular weight excluding hydrogens is 380 g/mol. The lowest BCUT2D eigenvalue weighted by Gasteiger charge is -2.13. The van der Waals surface area contributed by atoms with E-state index in [-0.39, 0.29) is 0 Å². The second kappa shape index (κ2) is 11.3. The SMILES string of the molecule is CCNC(=NCc1cccc(OCCN(C)C)c1)NCCc1ccc2c(c1)OCO2. The number of likely N-dealkylation sites (N-methyl/N-ethyl adjacent to an activating group) is 1. The maximum atomic E-state index is 5.82. The molecule has 0 saturated heterocycles. The summed E-state index contributed by atoms with van der Waals surface area (Å²) < 4.78 is 16.6. The van der Waals surface area contributed by atoms with E-state index in [0.29, 0.717) is 19.9 Å². The lowest BCUT2D eigenvalue weighted by Crippen LogP contribution is -2.38. The molecule has 3 rings (SSSR count). The van der Waals surface area contributed by atoms with Crippen LogP contribution < -0.4 is 24.8 Å². The molecule has 0 bridgehead atoms. The molecule has 2 aromatic carbocycles. The Bertz CT molecular complexity index is 839. The predicted octanol–water partition coefficient (Wildman–Crippen LogP) is 2.65. The molecule has 0 aromatic heterocycles. The second-order valence-corrected chi connectivity index (χ2v) is 7.36. The number of hydrogen-bond donors (Lipinski definition) is 2.